The topological polar surface area (TPSA) is 96.2 Å². The minimum Gasteiger partial charge on any atom is -0.389 e. The van der Waals surface area contributed by atoms with Crippen molar-refractivity contribution in [3.8, 4) is 0 Å². The fourth-order valence-electron chi connectivity index (χ4n) is 3.27. The minimum atomic E-state index is -0.748. The highest BCUT2D eigenvalue weighted by molar-refractivity contribution is 5.98. The van der Waals surface area contributed by atoms with Crippen LogP contribution < -0.4 is 10.6 Å². The Kier molecular flexibility index (Phi) is 4.90. The van der Waals surface area contributed by atoms with Crippen molar-refractivity contribution in [2.75, 3.05) is 6.54 Å². The molecule has 1 atom stereocenters. The highest BCUT2D eigenvalue weighted by Gasteiger charge is 2.25. The number of carbonyl (C=O) groups excluding carboxylic acids is 2. The zero-order valence-corrected chi connectivity index (χ0v) is 15.1. The Morgan fingerprint density at radius 1 is 1.11 bits per heavy atom. The number of nitrogens with one attached hydrogen (secondary N) is 2. The lowest BCUT2D eigenvalue weighted by molar-refractivity contribution is 0.0930. The maximum atomic E-state index is 12.9. The number of fused-ring (bicyclic) bond motifs is 1. The molecule has 0 radical (unpaired) electrons. The van der Waals surface area contributed by atoms with Crippen molar-refractivity contribution in [3.63, 3.8) is 0 Å². The van der Waals surface area contributed by atoms with Gasteiger partial charge in [0.25, 0.3) is 11.8 Å². The Bertz CT molecular complexity index is 946. The summed E-state index contributed by atoms with van der Waals surface area (Å²) in [5.41, 5.74) is 2.28. The third kappa shape index (κ3) is 3.65. The molecule has 4 rings (SSSR count). The normalized spacial score (nSPS) is 16.2. The number of aromatic nitrogens is 2. The predicted octanol–water partition coefficient (Wildman–Crippen LogP) is 1.51. The summed E-state index contributed by atoms with van der Waals surface area (Å²) in [5.74, 6) is -0.744. The highest BCUT2D eigenvalue weighted by Crippen LogP contribution is 2.22. The predicted molar refractivity (Wildman–Crippen MR) is 103 cm³/mol. The number of benzene rings is 2. The molecule has 3 aromatic rings. The van der Waals surface area contributed by atoms with Gasteiger partial charge in [-0.25, -0.2) is 0 Å². The number of amides is 2. The van der Waals surface area contributed by atoms with Gasteiger partial charge in [-0.15, -0.1) is 0 Å². The molecule has 7 nitrogen and oxygen atoms in total. The molecule has 0 spiro atoms. The first-order chi connectivity index (χ1) is 13.6. The molecule has 0 saturated heterocycles. The molecule has 2 aromatic carbocycles. The maximum Gasteiger partial charge on any atom is 0.272 e. The van der Waals surface area contributed by atoms with E-state index >= 15 is 0 Å². The van der Waals surface area contributed by atoms with Gasteiger partial charge in [-0.05, 0) is 11.1 Å². The number of rotatable bonds is 4. The van der Waals surface area contributed by atoms with E-state index in [-0.39, 0.29) is 42.3 Å². The lowest BCUT2D eigenvalue weighted by atomic mass is 9.98. The van der Waals surface area contributed by atoms with Crippen molar-refractivity contribution < 1.29 is 14.7 Å². The van der Waals surface area contributed by atoms with Gasteiger partial charge in [0.2, 0.25) is 0 Å². The molecule has 7 heteroatoms. The Balaban J connectivity index is 1.63. The van der Waals surface area contributed by atoms with E-state index in [0.29, 0.717) is 0 Å². The van der Waals surface area contributed by atoms with Gasteiger partial charge in [0.15, 0.2) is 5.69 Å². The zero-order valence-electron chi connectivity index (χ0n) is 15.1. The van der Waals surface area contributed by atoms with Crippen molar-refractivity contribution in [3.05, 3.63) is 89.2 Å². The van der Waals surface area contributed by atoms with E-state index in [1.807, 2.05) is 60.7 Å². The number of hydrogen-bond donors (Lipinski definition) is 3. The number of β-amino-alcohol motifs (C(OH)–C–C–N with tert-alkyl or cyclic N) is 1. The van der Waals surface area contributed by atoms with Crippen LogP contribution in [0.5, 0.6) is 0 Å². The molecule has 28 heavy (non-hydrogen) atoms. The largest absolute Gasteiger partial charge is 0.389 e. The second-order valence-corrected chi connectivity index (χ2v) is 6.69. The maximum absolute atomic E-state index is 12.9. The molecular formula is C21H20N4O3. The second kappa shape index (κ2) is 7.66. The van der Waals surface area contributed by atoms with Crippen molar-refractivity contribution >= 4 is 11.8 Å². The molecule has 142 valence electrons. The summed E-state index contributed by atoms with van der Waals surface area (Å²) in [6.45, 7) is 0.315. The van der Waals surface area contributed by atoms with Crippen LogP contribution in [0, 0.1) is 0 Å². The average Bonchev–Trinajstić information content (AvgIpc) is 3.10. The Hall–Kier alpha value is -3.45. The van der Waals surface area contributed by atoms with Crippen LogP contribution in [0.25, 0.3) is 0 Å². The van der Waals surface area contributed by atoms with Gasteiger partial charge >= 0.3 is 0 Å². The molecule has 0 unspecified atom stereocenters. The summed E-state index contributed by atoms with van der Waals surface area (Å²) < 4.78 is 1.38. The van der Waals surface area contributed by atoms with E-state index < -0.39 is 6.10 Å². The van der Waals surface area contributed by atoms with E-state index in [1.54, 1.807) is 0 Å². The third-order valence-electron chi connectivity index (χ3n) is 4.67. The molecular weight excluding hydrogens is 356 g/mol. The standard InChI is InChI=1S/C21H20N4O3/c26-16-12-22-21(28)18-11-17(24-25(18)13-16)20(27)23-19(14-7-3-1-4-8-14)15-9-5-2-6-10-15/h1-11,16,19,26H,12-13H2,(H,22,28)(H,23,27)/t16-/m0/s1. The van der Waals surface area contributed by atoms with Crippen LogP contribution in [0.15, 0.2) is 66.7 Å². The number of hydrogen-bond acceptors (Lipinski definition) is 4. The SMILES string of the molecule is O=C(NC(c1ccccc1)c1ccccc1)c1cc2n(n1)C[C@@H](O)CNC2=O. The van der Waals surface area contributed by atoms with Gasteiger partial charge in [0, 0.05) is 12.6 Å². The molecule has 0 fully saturated rings. The van der Waals surface area contributed by atoms with Gasteiger partial charge in [-0.3, -0.25) is 14.3 Å². The smallest absolute Gasteiger partial charge is 0.272 e. The number of nitrogens with zero attached hydrogens (tertiary/aromatic N) is 2. The molecule has 1 aromatic heterocycles. The molecule has 3 N–H and O–H groups in total. The van der Waals surface area contributed by atoms with Crippen LogP contribution in [-0.2, 0) is 6.54 Å². The van der Waals surface area contributed by atoms with Gasteiger partial charge in [-0.1, -0.05) is 60.7 Å². The summed E-state index contributed by atoms with van der Waals surface area (Å²) in [6.07, 6.45) is -0.748. The van der Waals surface area contributed by atoms with E-state index in [0.717, 1.165) is 11.1 Å². The van der Waals surface area contributed by atoms with Crippen LogP contribution in [0.2, 0.25) is 0 Å². The number of aliphatic hydroxyl groups is 1. The van der Waals surface area contributed by atoms with E-state index in [1.165, 1.54) is 10.7 Å². The summed E-state index contributed by atoms with van der Waals surface area (Å²) in [4.78, 5) is 25.0. The fourth-order valence-corrected chi connectivity index (χ4v) is 3.27. The second-order valence-electron chi connectivity index (χ2n) is 6.69. The lowest BCUT2D eigenvalue weighted by Gasteiger charge is -2.19. The first kappa shape index (κ1) is 17.9. The molecule has 2 heterocycles. The van der Waals surface area contributed by atoms with E-state index in [4.69, 9.17) is 0 Å². The van der Waals surface area contributed by atoms with Crippen LogP contribution in [-0.4, -0.2) is 39.4 Å². The average molecular weight is 376 g/mol. The van der Waals surface area contributed by atoms with Crippen molar-refractivity contribution in [1.29, 1.82) is 0 Å². The van der Waals surface area contributed by atoms with Gasteiger partial charge in [0.1, 0.15) is 5.69 Å². The van der Waals surface area contributed by atoms with Crippen LogP contribution in [0.3, 0.4) is 0 Å². The van der Waals surface area contributed by atoms with E-state index in [9.17, 15) is 14.7 Å². The summed E-state index contributed by atoms with van der Waals surface area (Å²) in [7, 11) is 0. The summed E-state index contributed by atoms with van der Waals surface area (Å²) in [6, 6.07) is 20.4. The van der Waals surface area contributed by atoms with Gasteiger partial charge in [0.05, 0.1) is 18.7 Å². The fraction of sp³-hybridized carbons (Fsp3) is 0.190. The summed E-state index contributed by atoms with van der Waals surface area (Å²) in [5, 5.41) is 19.7. The molecule has 1 aliphatic heterocycles. The molecule has 2 amide bonds. The Morgan fingerprint density at radius 2 is 1.71 bits per heavy atom. The lowest BCUT2D eigenvalue weighted by Crippen LogP contribution is -2.31. The van der Waals surface area contributed by atoms with Crippen molar-refractivity contribution in [2.24, 2.45) is 0 Å². The van der Waals surface area contributed by atoms with Crippen LogP contribution >= 0.6 is 0 Å². The number of carbonyl (C=O) groups is 2. The molecule has 0 bridgehead atoms. The number of aliphatic hydroxyl groups excluding tert-OH is 1. The van der Waals surface area contributed by atoms with Gasteiger partial charge in [-0.2, -0.15) is 5.10 Å². The summed E-state index contributed by atoms with van der Waals surface area (Å²) >= 11 is 0. The third-order valence-corrected chi connectivity index (χ3v) is 4.67. The molecule has 1 aliphatic rings. The van der Waals surface area contributed by atoms with Gasteiger partial charge < -0.3 is 15.7 Å². The van der Waals surface area contributed by atoms with E-state index in [2.05, 4.69) is 15.7 Å². The van der Waals surface area contributed by atoms with Crippen LogP contribution in [0.4, 0.5) is 0 Å². The van der Waals surface area contributed by atoms with Crippen molar-refractivity contribution in [1.82, 2.24) is 20.4 Å². The highest BCUT2D eigenvalue weighted by atomic mass is 16.3. The minimum absolute atomic E-state index is 0.135. The zero-order chi connectivity index (χ0) is 19.5. The first-order valence-electron chi connectivity index (χ1n) is 9.06. The van der Waals surface area contributed by atoms with Crippen LogP contribution in [0.1, 0.15) is 38.1 Å². The Labute approximate surface area is 162 Å². The molecule has 0 saturated carbocycles. The quantitative estimate of drug-likeness (QED) is 0.643. The Morgan fingerprint density at radius 3 is 2.32 bits per heavy atom. The monoisotopic (exact) mass is 376 g/mol. The molecule has 0 aliphatic carbocycles. The first-order valence-corrected chi connectivity index (χ1v) is 9.06. The van der Waals surface area contributed by atoms with Crippen molar-refractivity contribution in [2.45, 2.75) is 18.7 Å².